The van der Waals surface area contributed by atoms with Crippen molar-refractivity contribution < 1.29 is 30.6 Å². The number of aromatic hydroxyl groups is 1. The number of para-hydroxylation sites is 3. The molecule has 0 unspecified atom stereocenters. The van der Waals surface area contributed by atoms with Crippen LogP contribution < -0.4 is 0 Å². The van der Waals surface area contributed by atoms with E-state index >= 15 is 0 Å². The van der Waals surface area contributed by atoms with Gasteiger partial charge in [0.05, 0.1) is 16.6 Å². The van der Waals surface area contributed by atoms with E-state index in [1.54, 1.807) is 6.07 Å². The van der Waals surface area contributed by atoms with Gasteiger partial charge in [0.2, 0.25) is 0 Å². The molecule has 5 nitrogen and oxygen atoms in total. The van der Waals surface area contributed by atoms with Crippen LogP contribution >= 0.6 is 0 Å². The molecule has 0 aliphatic carbocycles. The molecule has 3 heterocycles. The minimum Gasteiger partial charge on any atom is -0.507 e. The summed E-state index contributed by atoms with van der Waals surface area (Å²) in [5, 5.41) is 13.4. The van der Waals surface area contributed by atoms with Crippen molar-refractivity contribution in [1.29, 1.82) is 0 Å². The maximum absolute atomic E-state index is 11.5. The van der Waals surface area contributed by atoms with Crippen molar-refractivity contribution >= 4 is 33.0 Å². The zero-order chi connectivity index (χ0) is 34.7. The van der Waals surface area contributed by atoms with Crippen LogP contribution in [0.1, 0.15) is 26.3 Å². The first-order valence-electron chi connectivity index (χ1n) is 17.1. The SMILES string of the molecule is CC(C)(C)c1cc(-c2cc(-c3ccccc3)ccn2)[c-]c(-c2cccc3c2nc(-c2cc4c(cc2O)oc2ccccc24)n3-c2ccccc2)c1.[Pt]. The monoisotopic (exact) mass is 855 g/mol. The normalized spacial score (nSPS) is 11.7. The van der Waals surface area contributed by atoms with E-state index in [4.69, 9.17) is 14.4 Å². The fraction of sp³-hybridized carbons (Fsp3) is 0.0870. The molecule has 0 saturated carbocycles. The Balaban J connectivity index is 0.00000387. The second-order valence-electron chi connectivity index (χ2n) is 14.0. The Labute approximate surface area is 316 Å². The summed E-state index contributed by atoms with van der Waals surface area (Å²) in [4.78, 5) is 10.2. The smallest absolute Gasteiger partial charge is 0.148 e. The first-order chi connectivity index (χ1) is 24.8. The number of phenolic OH excluding ortho intramolecular Hbond substituents is 1. The summed E-state index contributed by atoms with van der Waals surface area (Å²) in [5.74, 6) is 0.737. The molecule has 0 aliphatic heterocycles. The molecule has 52 heavy (non-hydrogen) atoms. The second kappa shape index (κ2) is 13.1. The summed E-state index contributed by atoms with van der Waals surface area (Å²) in [6.07, 6.45) is 1.87. The van der Waals surface area contributed by atoms with Gasteiger partial charge in [0.25, 0.3) is 0 Å². The van der Waals surface area contributed by atoms with E-state index in [0.29, 0.717) is 17.0 Å². The van der Waals surface area contributed by atoms with Crippen LogP contribution in [0.2, 0.25) is 0 Å². The van der Waals surface area contributed by atoms with Gasteiger partial charge in [0.1, 0.15) is 22.7 Å². The topological polar surface area (TPSA) is 64.1 Å². The van der Waals surface area contributed by atoms with Crippen LogP contribution in [0.3, 0.4) is 0 Å². The Morgan fingerprint density at radius 2 is 1.38 bits per heavy atom. The van der Waals surface area contributed by atoms with Gasteiger partial charge in [-0.05, 0) is 52.9 Å². The molecule has 6 heteroatoms. The molecule has 3 aromatic heterocycles. The standard InChI is InChI=1S/C46H34N3O2.Pt/c1-46(2,3)33-24-31(23-32(25-33)39-26-30(21-22-47-39)29-13-6-4-7-14-29)35-18-12-19-40-44(35)48-45(49(40)34-15-8-5-9-16-34)38-27-37-36-17-10-11-20-42(36)51-43(37)28-41(38)50;/h4-22,24-28,50H,1-3H3;/q-1;. The molecule has 0 aliphatic rings. The molecule has 0 spiro atoms. The molecule has 9 aromatic rings. The van der Waals surface area contributed by atoms with E-state index in [0.717, 1.165) is 66.6 Å². The number of aromatic nitrogens is 3. The number of hydrogen-bond acceptors (Lipinski definition) is 4. The summed E-state index contributed by atoms with van der Waals surface area (Å²) in [7, 11) is 0. The third-order valence-corrected chi connectivity index (χ3v) is 9.60. The first kappa shape index (κ1) is 33.4. The Hall–Kier alpha value is -5.77. The maximum atomic E-state index is 11.5. The molecule has 0 bridgehead atoms. The van der Waals surface area contributed by atoms with Gasteiger partial charge in [-0.3, -0.25) is 9.55 Å². The number of furan rings is 1. The minimum atomic E-state index is -0.132. The number of hydrogen-bond donors (Lipinski definition) is 1. The van der Waals surface area contributed by atoms with Gasteiger partial charge in [-0.25, -0.2) is 4.98 Å². The Kier molecular flexibility index (Phi) is 8.40. The van der Waals surface area contributed by atoms with Crippen molar-refractivity contribution in [2.45, 2.75) is 26.2 Å². The first-order valence-corrected chi connectivity index (χ1v) is 17.1. The molecule has 6 aromatic carbocycles. The van der Waals surface area contributed by atoms with Gasteiger partial charge in [0, 0.05) is 55.5 Å². The van der Waals surface area contributed by atoms with Gasteiger partial charge < -0.3 is 9.52 Å². The van der Waals surface area contributed by atoms with Crippen molar-refractivity contribution in [3.05, 3.63) is 157 Å². The van der Waals surface area contributed by atoms with Crippen molar-refractivity contribution in [1.82, 2.24) is 14.5 Å². The number of fused-ring (bicyclic) bond motifs is 4. The minimum absolute atomic E-state index is 0. The molecule has 0 saturated heterocycles. The zero-order valence-corrected chi connectivity index (χ0v) is 31.1. The van der Waals surface area contributed by atoms with E-state index < -0.39 is 0 Å². The summed E-state index contributed by atoms with van der Waals surface area (Å²) in [6.45, 7) is 6.68. The summed E-state index contributed by atoms with van der Waals surface area (Å²) in [5.41, 5.74) is 11.6. The van der Waals surface area contributed by atoms with E-state index in [1.807, 2.05) is 66.9 Å². The van der Waals surface area contributed by atoms with Crippen LogP contribution in [0, 0.1) is 6.07 Å². The number of rotatable bonds is 5. The third-order valence-electron chi connectivity index (χ3n) is 9.60. The van der Waals surface area contributed by atoms with E-state index in [-0.39, 0.29) is 32.2 Å². The van der Waals surface area contributed by atoms with Crippen molar-refractivity contribution in [2.75, 3.05) is 0 Å². The third kappa shape index (κ3) is 5.81. The van der Waals surface area contributed by atoms with E-state index in [1.165, 1.54) is 5.56 Å². The van der Waals surface area contributed by atoms with Crippen LogP contribution in [0.5, 0.6) is 5.75 Å². The predicted octanol–water partition coefficient (Wildman–Crippen LogP) is 11.8. The van der Waals surface area contributed by atoms with Crippen molar-refractivity contribution in [3.63, 3.8) is 0 Å². The number of nitrogens with zero attached hydrogens (tertiary/aromatic N) is 3. The number of benzene rings is 6. The van der Waals surface area contributed by atoms with Gasteiger partial charge in [-0.1, -0.05) is 117 Å². The molecule has 0 fully saturated rings. The molecule has 0 amide bonds. The van der Waals surface area contributed by atoms with Crippen LogP contribution in [-0.2, 0) is 26.5 Å². The number of phenols is 1. The predicted molar refractivity (Wildman–Crippen MR) is 207 cm³/mol. The Bertz CT molecular complexity index is 2740. The fourth-order valence-electron chi connectivity index (χ4n) is 6.95. The van der Waals surface area contributed by atoms with Crippen LogP contribution in [0.15, 0.2) is 150 Å². The molecular weight excluding hydrogens is 822 g/mol. The Morgan fingerprint density at radius 1 is 0.654 bits per heavy atom. The van der Waals surface area contributed by atoms with Gasteiger partial charge >= 0.3 is 0 Å². The molecule has 0 radical (unpaired) electrons. The fourth-order valence-corrected chi connectivity index (χ4v) is 6.95. The van der Waals surface area contributed by atoms with Crippen molar-refractivity contribution in [3.8, 4) is 56.3 Å². The molecule has 256 valence electrons. The summed E-state index contributed by atoms with van der Waals surface area (Å²) >= 11 is 0. The van der Waals surface area contributed by atoms with Crippen LogP contribution in [-0.4, -0.2) is 19.6 Å². The van der Waals surface area contributed by atoms with Gasteiger partial charge in [-0.15, -0.1) is 29.3 Å². The van der Waals surface area contributed by atoms with Crippen molar-refractivity contribution in [2.24, 2.45) is 0 Å². The van der Waals surface area contributed by atoms with Crippen LogP contribution in [0.25, 0.3) is 83.6 Å². The second-order valence-corrected chi connectivity index (χ2v) is 14.0. The quantitative estimate of drug-likeness (QED) is 0.175. The van der Waals surface area contributed by atoms with E-state index in [9.17, 15) is 5.11 Å². The zero-order valence-electron chi connectivity index (χ0n) is 28.9. The van der Waals surface area contributed by atoms with E-state index in [2.05, 4.69) is 104 Å². The van der Waals surface area contributed by atoms with Gasteiger partial charge in [0.15, 0.2) is 0 Å². The average Bonchev–Trinajstić information content (AvgIpc) is 3.72. The number of imidazole rings is 1. The summed E-state index contributed by atoms with van der Waals surface area (Å²) < 4.78 is 8.22. The number of pyridine rings is 1. The van der Waals surface area contributed by atoms with Gasteiger partial charge in [-0.2, -0.15) is 0 Å². The Morgan fingerprint density at radius 3 is 2.17 bits per heavy atom. The average molecular weight is 856 g/mol. The summed E-state index contributed by atoms with van der Waals surface area (Å²) in [6, 6.07) is 50.8. The maximum Gasteiger partial charge on any atom is 0.148 e. The molecular formula is C46H34N3O2Pt-. The molecule has 0 atom stereocenters. The van der Waals surface area contributed by atoms with Crippen LogP contribution in [0.4, 0.5) is 0 Å². The molecule has 1 N–H and O–H groups in total. The molecule has 9 rings (SSSR count). The largest absolute Gasteiger partial charge is 0.507 e.